The van der Waals surface area contributed by atoms with Gasteiger partial charge in [-0.05, 0) is 57.9 Å². The van der Waals surface area contributed by atoms with Gasteiger partial charge in [-0.25, -0.2) is 0 Å². The van der Waals surface area contributed by atoms with Gasteiger partial charge in [0.05, 0.1) is 21.1 Å². The summed E-state index contributed by atoms with van der Waals surface area (Å²) in [7, 11) is 0. The molecule has 2 heterocycles. The number of rotatable bonds is 7. The highest BCUT2D eigenvalue weighted by Crippen LogP contribution is 2.26. The minimum Gasteiger partial charge on any atom is -0.484 e. The molecular formula is C22H15BrCl3N3O3. The van der Waals surface area contributed by atoms with Crippen molar-refractivity contribution in [3.63, 3.8) is 0 Å². The summed E-state index contributed by atoms with van der Waals surface area (Å²) in [6, 6.07) is 16.0. The maximum Gasteiger partial charge on any atom is 0.292 e. The van der Waals surface area contributed by atoms with Crippen LogP contribution < -0.4 is 10.1 Å². The van der Waals surface area contributed by atoms with E-state index in [1.54, 1.807) is 35.1 Å². The highest BCUT2D eigenvalue weighted by molar-refractivity contribution is 9.10. The Labute approximate surface area is 207 Å². The standard InChI is InChI=1S/C22H15BrCl3N3O3/c23-15-3-1-2-4-19(15)31-12-14-6-8-20(32-14)22(30)27-21-18(26)11-29(28-21)10-13-5-7-16(24)17(25)9-13/h1-9,11H,10,12H2,(H,27,28,30). The van der Waals surface area contributed by atoms with Gasteiger partial charge in [-0.1, -0.05) is 53.0 Å². The molecule has 0 spiro atoms. The van der Waals surface area contributed by atoms with Crippen LogP contribution in [0.2, 0.25) is 15.1 Å². The van der Waals surface area contributed by atoms with Crippen LogP contribution in [0.3, 0.4) is 0 Å². The molecule has 0 unspecified atom stereocenters. The van der Waals surface area contributed by atoms with E-state index in [0.29, 0.717) is 33.1 Å². The molecule has 0 bridgehead atoms. The topological polar surface area (TPSA) is 69.3 Å². The Morgan fingerprint density at radius 2 is 1.88 bits per heavy atom. The molecule has 0 saturated heterocycles. The van der Waals surface area contributed by atoms with E-state index in [-0.39, 0.29) is 18.2 Å². The SMILES string of the molecule is O=C(Nc1nn(Cc2ccc(Cl)c(Cl)c2)cc1Cl)c1ccc(COc2ccccc2Br)o1. The molecule has 1 N–H and O–H groups in total. The number of ether oxygens (including phenoxy) is 1. The third-order valence-corrected chi connectivity index (χ3v) is 6.04. The number of benzene rings is 2. The highest BCUT2D eigenvalue weighted by Gasteiger charge is 2.16. The molecule has 164 valence electrons. The summed E-state index contributed by atoms with van der Waals surface area (Å²) in [5.74, 6) is 1.04. The van der Waals surface area contributed by atoms with Gasteiger partial charge in [-0.2, -0.15) is 5.10 Å². The third-order valence-electron chi connectivity index (χ3n) is 4.37. The first-order valence-corrected chi connectivity index (χ1v) is 11.3. The molecule has 0 saturated carbocycles. The quantitative estimate of drug-likeness (QED) is 0.265. The Bertz CT molecular complexity index is 1270. The van der Waals surface area contributed by atoms with Gasteiger partial charge in [0.2, 0.25) is 0 Å². The highest BCUT2D eigenvalue weighted by atomic mass is 79.9. The second kappa shape index (κ2) is 10.0. The maximum absolute atomic E-state index is 12.6. The Balaban J connectivity index is 1.39. The summed E-state index contributed by atoms with van der Waals surface area (Å²) in [6.07, 6.45) is 1.61. The molecule has 2 aromatic heterocycles. The molecule has 0 aliphatic heterocycles. The molecule has 0 atom stereocenters. The van der Waals surface area contributed by atoms with Crippen LogP contribution in [0, 0.1) is 0 Å². The van der Waals surface area contributed by atoms with Crippen molar-refractivity contribution < 1.29 is 13.9 Å². The van der Waals surface area contributed by atoms with Gasteiger partial charge in [0.25, 0.3) is 5.91 Å². The fraction of sp³-hybridized carbons (Fsp3) is 0.0909. The number of hydrogen-bond acceptors (Lipinski definition) is 4. The summed E-state index contributed by atoms with van der Waals surface area (Å²) < 4.78 is 13.7. The van der Waals surface area contributed by atoms with Gasteiger partial charge in [-0.3, -0.25) is 9.48 Å². The first-order valence-electron chi connectivity index (χ1n) is 9.33. The van der Waals surface area contributed by atoms with Gasteiger partial charge in [0, 0.05) is 6.20 Å². The average Bonchev–Trinajstić information content (AvgIpc) is 3.37. The van der Waals surface area contributed by atoms with E-state index in [2.05, 4.69) is 26.3 Å². The van der Waals surface area contributed by atoms with E-state index in [0.717, 1.165) is 10.0 Å². The van der Waals surface area contributed by atoms with E-state index in [9.17, 15) is 4.79 Å². The van der Waals surface area contributed by atoms with Crippen LogP contribution in [0.5, 0.6) is 5.75 Å². The van der Waals surface area contributed by atoms with Crippen molar-refractivity contribution in [2.24, 2.45) is 0 Å². The summed E-state index contributed by atoms with van der Waals surface area (Å²) >= 11 is 21.7. The summed E-state index contributed by atoms with van der Waals surface area (Å²) in [5.41, 5.74) is 0.886. The zero-order valence-electron chi connectivity index (χ0n) is 16.3. The number of carbonyl (C=O) groups excluding carboxylic acids is 1. The van der Waals surface area contributed by atoms with Gasteiger partial charge >= 0.3 is 0 Å². The summed E-state index contributed by atoms with van der Waals surface area (Å²) in [6.45, 7) is 0.582. The summed E-state index contributed by atoms with van der Waals surface area (Å²) in [4.78, 5) is 12.6. The molecule has 4 rings (SSSR count). The Kier molecular flexibility index (Phi) is 7.10. The molecule has 0 fully saturated rings. The van der Waals surface area contributed by atoms with Gasteiger partial charge in [0.1, 0.15) is 23.1 Å². The predicted molar refractivity (Wildman–Crippen MR) is 128 cm³/mol. The van der Waals surface area contributed by atoms with Gasteiger partial charge in [0.15, 0.2) is 11.6 Å². The normalized spacial score (nSPS) is 10.9. The Morgan fingerprint density at radius 3 is 2.66 bits per heavy atom. The number of carbonyl (C=O) groups is 1. The Hall–Kier alpha value is -2.45. The van der Waals surface area contributed by atoms with Crippen LogP contribution in [-0.4, -0.2) is 15.7 Å². The second-order valence-electron chi connectivity index (χ2n) is 6.71. The minimum atomic E-state index is -0.473. The molecule has 10 heteroatoms. The maximum atomic E-state index is 12.6. The zero-order valence-corrected chi connectivity index (χ0v) is 20.2. The fourth-order valence-electron chi connectivity index (χ4n) is 2.85. The molecule has 2 aromatic carbocycles. The smallest absolute Gasteiger partial charge is 0.292 e. The number of nitrogens with one attached hydrogen (secondary N) is 1. The zero-order chi connectivity index (χ0) is 22.7. The minimum absolute atomic E-state index is 0.117. The van der Waals surface area contributed by atoms with Crippen molar-refractivity contribution in [1.29, 1.82) is 0 Å². The number of amides is 1. The molecule has 0 radical (unpaired) electrons. The van der Waals surface area contributed by atoms with E-state index in [1.807, 2.05) is 30.3 Å². The lowest BCUT2D eigenvalue weighted by Gasteiger charge is -2.06. The summed E-state index contributed by atoms with van der Waals surface area (Å²) in [5, 5.41) is 8.20. The third kappa shape index (κ3) is 5.48. The number of hydrogen-bond donors (Lipinski definition) is 1. The lowest BCUT2D eigenvalue weighted by atomic mass is 10.2. The number of nitrogens with zero attached hydrogens (tertiary/aromatic N) is 2. The monoisotopic (exact) mass is 553 g/mol. The first kappa shape index (κ1) is 22.7. The average molecular weight is 556 g/mol. The largest absolute Gasteiger partial charge is 0.484 e. The molecule has 1 amide bonds. The predicted octanol–water partition coefficient (Wildman–Crippen LogP) is 7.08. The molecule has 4 aromatic rings. The molecule has 32 heavy (non-hydrogen) atoms. The van der Waals surface area contributed by atoms with Crippen LogP contribution in [0.15, 0.2) is 69.7 Å². The number of furan rings is 1. The van der Waals surface area contributed by atoms with Crippen molar-refractivity contribution in [3.8, 4) is 5.75 Å². The van der Waals surface area contributed by atoms with Crippen molar-refractivity contribution in [2.75, 3.05) is 5.32 Å². The van der Waals surface area contributed by atoms with E-state index >= 15 is 0 Å². The van der Waals surface area contributed by atoms with Gasteiger partial charge in [-0.15, -0.1) is 0 Å². The van der Waals surface area contributed by atoms with Crippen molar-refractivity contribution in [2.45, 2.75) is 13.2 Å². The van der Waals surface area contributed by atoms with Crippen LogP contribution in [0.1, 0.15) is 21.9 Å². The van der Waals surface area contributed by atoms with Gasteiger partial charge < -0.3 is 14.5 Å². The number of para-hydroxylation sites is 1. The lowest BCUT2D eigenvalue weighted by molar-refractivity contribution is 0.0992. The molecule has 0 aliphatic carbocycles. The number of aromatic nitrogens is 2. The molecule has 0 aliphatic rings. The van der Waals surface area contributed by atoms with Crippen molar-refractivity contribution in [3.05, 3.63) is 97.4 Å². The van der Waals surface area contributed by atoms with E-state index in [1.165, 1.54) is 0 Å². The number of anilines is 1. The second-order valence-corrected chi connectivity index (χ2v) is 8.79. The van der Waals surface area contributed by atoms with Crippen molar-refractivity contribution in [1.82, 2.24) is 9.78 Å². The molecular weight excluding hydrogens is 541 g/mol. The fourth-order valence-corrected chi connectivity index (χ4v) is 3.76. The van der Waals surface area contributed by atoms with Crippen molar-refractivity contribution >= 4 is 62.5 Å². The van der Waals surface area contributed by atoms with Crippen LogP contribution in [-0.2, 0) is 13.2 Å². The lowest BCUT2D eigenvalue weighted by Crippen LogP contribution is -2.12. The van der Waals surface area contributed by atoms with Crippen LogP contribution >= 0.6 is 50.7 Å². The first-order chi connectivity index (χ1) is 15.4. The van der Waals surface area contributed by atoms with Crippen LogP contribution in [0.25, 0.3) is 0 Å². The van der Waals surface area contributed by atoms with E-state index < -0.39 is 5.91 Å². The van der Waals surface area contributed by atoms with Crippen LogP contribution in [0.4, 0.5) is 5.82 Å². The number of halogens is 4. The molecule has 6 nitrogen and oxygen atoms in total. The van der Waals surface area contributed by atoms with E-state index in [4.69, 9.17) is 44.0 Å². The Morgan fingerprint density at radius 1 is 1.06 bits per heavy atom.